The molecule has 0 fully saturated rings. The lowest BCUT2D eigenvalue weighted by Gasteiger charge is -2.22. The molecule has 2 rings (SSSR count). The SMILES string of the molecule is CCN(C#N)C(=O)C(Cc1ccccc1)NC(=O)c1ccccc1C(=O)O. The van der Waals surface area contributed by atoms with Gasteiger partial charge in [-0.3, -0.25) is 9.59 Å². The molecule has 0 aliphatic heterocycles. The molecule has 2 aromatic rings. The van der Waals surface area contributed by atoms with E-state index in [1.54, 1.807) is 43.4 Å². The number of nitrogens with zero attached hydrogens (tertiary/aromatic N) is 2. The van der Waals surface area contributed by atoms with Gasteiger partial charge in [0, 0.05) is 13.0 Å². The Balaban J connectivity index is 2.31. The molecule has 0 spiro atoms. The van der Waals surface area contributed by atoms with E-state index in [4.69, 9.17) is 5.26 Å². The Bertz CT molecular complexity index is 874. The van der Waals surface area contributed by atoms with Gasteiger partial charge in [0.1, 0.15) is 6.04 Å². The van der Waals surface area contributed by atoms with Crippen molar-refractivity contribution < 1.29 is 19.5 Å². The van der Waals surface area contributed by atoms with Crippen LogP contribution in [0.5, 0.6) is 0 Å². The van der Waals surface area contributed by atoms with Crippen molar-refractivity contribution >= 4 is 17.8 Å². The van der Waals surface area contributed by atoms with E-state index in [1.165, 1.54) is 18.2 Å². The summed E-state index contributed by atoms with van der Waals surface area (Å²) in [4.78, 5) is 37.6. The van der Waals surface area contributed by atoms with Gasteiger partial charge >= 0.3 is 5.97 Å². The van der Waals surface area contributed by atoms with Crippen molar-refractivity contribution in [1.29, 1.82) is 5.26 Å². The molecule has 7 heteroatoms. The predicted molar refractivity (Wildman–Crippen MR) is 97.8 cm³/mol. The lowest BCUT2D eigenvalue weighted by molar-refractivity contribution is -0.130. The molecule has 2 aromatic carbocycles. The molecule has 138 valence electrons. The molecule has 0 bridgehead atoms. The first kappa shape index (κ1) is 19.7. The zero-order valence-corrected chi connectivity index (χ0v) is 14.8. The van der Waals surface area contributed by atoms with Crippen LogP contribution in [0.15, 0.2) is 54.6 Å². The van der Waals surface area contributed by atoms with Gasteiger partial charge in [-0.25, -0.2) is 9.69 Å². The van der Waals surface area contributed by atoms with Crippen molar-refractivity contribution in [1.82, 2.24) is 10.2 Å². The Labute approximate surface area is 156 Å². The lowest BCUT2D eigenvalue weighted by atomic mass is 10.0. The van der Waals surface area contributed by atoms with E-state index in [0.717, 1.165) is 10.5 Å². The molecule has 0 heterocycles. The molecule has 0 aromatic heterocycles. The standard InChI is InChI=1S/C20H19N3O4/c1-2-23(13-21)19(25)17(12-14-8-4-3-5-9-14)22-18(24)15-10-6-7-11-16(15)20(26)27/h3-11,17H,2,12H2,1H3,(H,22,24)(H,26,27). The predicted octanol–water partition coefficient (Wildman–Crippen LogP) is 2.06. The first-order valence-electron chi connectivity index (χ1n) is 8.36. The maximum atomic E-state index is 12.7. The number of amides is 2. The number of aromatic carboxylic acids is 1. The minimum absolute atomic E-state index is 0.0455. The average molecular weight is 365 g/mol. The lowest BCUT2D eigenvalue weighted by Crippen LogP contribution is -2.48. The van der Waals surface area contributed by atoms with Gasteiger partial charge in [-0.05, 0) is 24.6 Å². The van der Waals surface area contributed by atoms with Crippen LogP contribution in [0.25, 0.3) is 0 Å². The van der Waals surface area contributed by atoms with Crippen molar-refractivity contribution in [3.05, 3.63) is 71.3 Å². The van der Waals surface area contributed by atoms with E-state index >= 15 is 0 Å². The highest BCUT2D eigenvalue weighted by Crippen LogP contribution is 2.11. The smallest absolute Gasteiger partial charge is 0.336 e. The molecule has 27 heavy (non-hydrogen) atoms. The normalized spacial score (nSPS) is 11.1. The maximum absolute atomic E-state index is 12.7. The second kappa shape index (κ2) is 9.15. The molecular formula is C20H19N3O4. The fourth-order valence-electron chi connectivity index (χ4n) is 2.62. The number of nitrogens with one attached hydrogen (secondary N) is 1. The minimum atomic E-state index is -1.24. The average Bonchev–Trinajstić information content (AvgIpc) is 2.69. The van der Waals surface area contributed by atoms with Gasteiger partial charge in [-0.15, -0.1) is 0 Å². The second-order valence-corrected chi connectivity index (χ2v) is 5.75. The van der Waals surface area contributed by atoms with Crippen LogP contribution >= 0.6 is 0 Å². The number of nitriles is 1. The number of hydrogen-bond donors (Lipinski definition) is 2. The van der Waals surface area contributed by atoms with Gasteiger partial charge in [0.05, 0.1) is 11.1 Å². The van der Waals surface area contributed by atoms with Crippen LogP contribution in [0.4, 0.5) is 0 Å². The summed E-state index contributed by atoms with van der Waals surface area (Å²) in [6.07, 6.45) is 1.98. The van der Waals surface area contributed by atoms with E-state index in [-0.39, 0.29) is 24.1 Å². The molecule has 2 N–H and O–H groups in total. The van der Waals surface area contributed by atoms with Crippen molar-refractivity contribution in [2.24, 2.45) is 0 Å². The van der Waals surface area contributed by atoms with E-state index in [2.05, 4.69) is 5.32 Å². The Morgan fingerprint density at radius 3 is 2.22 bits per heavy atom. The number of carboxylic acids is 1. The second-order valence-electron chi connectivity index (χ2n) is 5.75. The molecule has 2 amide bonds. The Morgan fingerprint density at radius 1 is 1.07 bits per heavy atom. The van der Waals surface area contributed by atoms with Gasteiger partial charge in [0.15, 0.2) is 6.19 Å². The summed E-state index contributed by atoms with van der Waals surface area (Å²) in [5.74, 6) is -2.47. The molecule has 1 unspecified atom stereocenters. The maximum Gasteiger partial charge on any atom is 0.336 e. The largest absolute Gasteiger partial charge is 0.478 e. The third-order valence-electron chi connectivity index (χ3n) is 3.99. The summed E-state index contributed by atoms with van der Waals surface area (Å²) < 4.78 is 0. The van der Waals surface area contributed by atoms with E-state index in [0.29, 0.717) is 0 Å². The fraction of sp³-hybridized carbons (Fsp3) is 0.200. The molecule has 0 radical (unpaired) electrons. The zero-order valence-electron chi connectivity index (χ0n) is 14.8. The number of hydrogen-bond acceptors (Lipinski definition) is 4. The van der Waals surface area contributed by atoms with Crippen LogP contribution in [0.3, 0.4) is 0 Å². The Morgan fingerprint density at radius 2 is 1.67 bits per heavy atom. The topological polar surface area (TPSA) is 111 Å². The van der Waals surface area contributed by atoms with Gasteiger partial charge in [-0.1, -0.05) is 42.5 Å². The summed E-state index contributed by atoms with van der Waals surface area (Å²) in [7, 11) is 0. The van der Waals surface area contributed by atoms with Crippen LogP contribution in [-0.2, 0) is 11.2 Å². The summed E-state index contributed by atoms with van der Waals surface area (Å²) >= 11 is 0. The molecule has 0 saturated heterocycles. The molecule has 0 aliphatic rings. The number of carbonyl (C=O) groups is 3. The van der Waals surface area contributed by atoms with Crippen molar-refractivity contribution in [3.63, 3.8) is 0 Å². The van der Waals surface area contributed by atoms with E-state index in [9.17, 15) is 19.5 Å². The number of rotatable bonds is 7. The first-order valence-corrected chi connectivity index (χ1v) is 8.36. The van der Waals surface area contributed by atoms with Gasteiger partial charge in [0.25, 0.3) is 11.8 Å². The van der Waals surface area contributed by atoms with Crippen LogP contribution in [-0.4, -0.2) is 40.4 Å². The van der Waals surface area contributed by atoms with Gasteiger partial charge in [0.2, 0.25) is 0 Å². The number of carbonyl (C=O) groups excluding carboxylic acids is 2. The van der Waals surface area contributed by atoms with Crippen LogP contribution < -0.4 is 5.32 Å². The molecule has 0 aliphatic carbocycles. The van der Waals surface area contributed by atoms with Crippen molar-refractivity contribution in [2.75, 3.05) is 6.54 Å². The molecular weight excluding hydrogens is 346 g/mol. The highest BCUT2D eigenvalue weighted by Gasteiger charge is 2.27. The van der Waals surface area contributed by atoms with Gasteiger partial charge in [-0.2, -0.15) is 5.26 Å². The Kier molecular flexibility index (Phi) is 6.67. The molecule has 0 saturated carbocycles. The van der Waals surface area contributed by atoms with Crippen LogP contribution in [0.2, 0.25) is 0 Å². The number of likely N-dealkylation sites (N-methyl/N-ethyl adjacent to an activating group) is 1. The van der Waals surface area contributed by atoms with Crippen molar-refractivity contribution in [2.45, 2.75) is 19.4 Å². The highest BCUT2D eigenvalue weighted by molar-refractivity contribution is 6.06. The van der Waals surface area contributed by atoms with Crippen LogP contribution in [0, 0.1) is 11.5 Å². The summed E-state index contributed by atoms with van der Waals surface area (Å²) in [5.41, 5.74) is 0.598. The third kappa shape index (κ3) is 4.92. The summed E-state index contributed by atoms with van der Waals surface area (Å²) in [6.45, 7) is 1.82. The molecule has 7 nitrogen and oxygen atoms in total. The minimum Gasteiger partial charge on any atom is -0.478 e. The number of benzene rings is 2. The monoisotopic (exact) mass is 365 g/mol. The van der Waals surface area contributed by atoms with Crippen LogP contribution in [0.1, 0.15) is 33.2 Å². The zero-order chi connectivity index (χ0) is 19.8. The first-order chi connectivity index (χ1) is 13.0. The fourth-order valence-corrected chi connectivity index (χ4v) is 2.62. The molecule has 1 atom stereocenters. The van der Waals surface area contributed by atoms with Crippen molar-refractivity contribution in [3.8, 4) is 6.19 Å². The summed E-state index contributed by atoms with van der Waals surface area (Å²) in [6, 6.07) is 13.8. The van der Waals surface area contributed by atoms with E-state index < -0.39 is 23.8 Å². The number of carboxylic acid groups (broad SMARTS) is 1. The van der Waals surface area contributed by atoms with Gasteiger partial charge < -0.3 is 10.4 Å². The summed E-state index contributed by atoms with van der Waals surface area (Å²) in [5, 5.41) is 21.0. The third-order valence-corrected chi connectivity index (χ3v) is 3.99. The quantitative estimate of drug-likeness (QED) is 0.576. The van der Waals surface area contributed by atoms with E-state index in [1.807, 2.05) is 6.07 Å². The highest BCUT2D eigenvalue weighted by atomic mass is 16.4. The Hall–Kier alpha value is -3.66.